The molecule has 0 aliphatic heterocycles. The first-order valence-corrected chi connectivity index (χ1v) is 9.65. The van der Waals surface area contributed by atoms with Gasteiger partial charge in [-0.25, -0.2) is 8.42 Å². The van der Waals surface area contributed by atoms with Crippen molar-refractivity contribution in [3.63, 3.8) is 0 Å². The fraction of sp³-hybridized carbons (Fsp3) is 0.643. The van der Waals surface area contributed by atoms with Crippen molar-refractivity contribution in [2.24, 2.45) is 12.0 Å². The standard InChI is InChI=1S/C14H25ClN4O3S.HI/c1-16-14(17-5-6-22-7-8-23(4,20)21)19(3)11-13-9-12(15)10-18(13)2;/h9-10H,5-8,11H2,1-4H3,(H,16,17);1H. The van der Waals surface area contributed by atoms with Crippen LogP contribution in [0.2, 0.25) is 5.02 Å². The first-order chi connectivity index (χ1) is 10.7. The Morgan fingerprint density at radius 2 is 2.12 bits per heavy atom. The molecule has 0 atom stereocenters. The summed E-state index contributed by atoms with van der Waals surface area (Å²) < 4.78 is 29.2. The van der Waals surface area contributed by atoms with Gasteiger partial charge < -0.3 is 19.5 Å². The predicted octanol–water partition coefficient (Wildman–Crippen LogP) is 1.36. The molecule has 0 radical (unpaired) electrons. The molecule has 0 aliphatic rings. The average molecular weight is 493 g/mol. The lowest BCUT2D eigenvalue weighted by molar-refractivity contribution is 0.153. The van der Waals surface area contributed by atoms with E-state index in [1.54, 1.807) is 7.05 Å². The van der Waals surface area contributed by atoms with E-state index in [2.05, 4.69) is 10.3 Å². The second kappa shape index (κ2) is 11.2. The molecule has 0 bridgehead atoms. The number of hydrogen-bond donors (Lipinski definition) is 1. The van der Waals surface area contributed by atoms with E-state index in [4.69, 9.17) is 16.3 Å². The molecule has 0 saturated heterocycles. The van der Waals surface area contributed by atoms with Crippen LogP contribution < -0.4 is 5.32 Å². The van der Waals surface area contributed by atoms with Gasteiger partial charge in [-0.3, -0.25) is 4.99 Å². The third-order valence-electron chi connectivity index (χ3n) is 3.18. The first-order valence-electron chi connectivity index (χ1n) is 7.21. The summed E-state index contributed by atoms with van der Waals surface area (Å²) in [6.45, 7) is 1.83. The van der Waals surface area contributed by atoms with Crippen molar-refractivity contribution in [1.82, 2.24) is 14.8 Å². The van der Waals surface area contributed by atoms with Crippen molar-refractivity contribution in [2.45, 2.75) is 6.54 Å². The predicted molar refractivity (Wildman–Crippen MR) is 109 cm³/mol. The fourth-order valence-electron chi connectivity index (χ4n) is 1.97. The zero-order valence-electron chi connectivity index (χ0n) is 14.5. The smallest absolute Gasteiger partial charge is 0.193 e. The van der Waals surface area contributed by atoms with E-state index in [-0.39, 0.29) is 36.3 Å². The number of rotatable bonds is 8. The molecule has 1 heterocycles. The Morgan fingerprint density at radius 1 is 1.46 bits per heavy atom. The van der Waals surface area contributed by atoms with Crippen LogP contribution in [0.3, 0.4) is 0 Å². The zero-order chi connectivity index (χ0) is 17.5. The van der Waals surface area contributed by atoms with E-state index < -0.39 is 9.84 Å². The summed E-state index contributed by atoms with van der Waals surface area (Å²) in [7, 11) is 2.61. The Balaban J connectivity index is 0.00000529. The van der Waals surface area contributed by atoms with Gasteiger partial charge in [0.1, 0.15) is 9.84 Å². The monoisotopic (exact) mass is 492 g/mol. The van der Waals surface area contributed by atoms with Crippen LogP contribution in [-0.2, 0) is 28.2 Å². The summed E-state index contributed by atoms with van der Waals surface area (Å²) in [5.74, 6) is 0.768. The van der Waals surface area contributed by atoms with Gasteiger partial charge in [0, 0.05) is 45.8 Å². The first kappa shape index (κ1) is 23.5. The molecule has 0 aliphatic carbocycles. The number of halogens is 2. The molecular formula is C14H26ClIN4O3S. The van der Waals surface area contributed by atoms with Crippen molar-refractivity contribution < 1.29 is 13.2 Å². The minimum Gasteiger partial charge on any atom is -0.379 e. The minimum absolute atomic E-state index is 0. The minimum atomic E-state index is -2.97. The summed E-state index contributed by atoms with van der Waals surface area (Å²) in [6, 6.07) is 1.92. The van der Waals surface area contributed by atoms with E-state index in [1.807, 2.05) is 35.8 Å². The van der Waals surface area contributed by atoms with Gasteiger partial charge in [-0.15, -0.1) is 24.0 Å². The molecule has 0 unspecified atom stereocenters. The maximum atomic E-state index is 11.0. The second-order valence-corrected chi connectivity index (χ2v) is 8.03. The van der Waals surface area contributed by atoms with E-state index >= 15 is 0 Å². The number of aryl methyl sites for hydroxylation is 1. The third-order valence-corrected chi connectivity index (χ3v) is 4.29. The van der Waals surface area contributed by atoms with Gasteiger partial charge in [0.15, 0.2) is 5.96 Å². The molecule has 1 N–H and O–H groups in total. The normalized spacial score (nSPS) is 12.0. The Hall–Kier alpha value is -0.520. The lowest BCUT2D eigenvalue weighted by Crippen LogP contribution is -2.40. The van der Waals surface area contributed by atoms with Crippen molar-refractivity contribution in [3.8, 4) is 0 Å². The largest absolute Gasteiger partial charge is 0.379 e. The van der Waals surface area contributed by atoms with Crippen LogP contribution in [-0.4, -0.2) is 69.7 Å². The quantitative estimate of drug-likeness (QED) is 0.257. The van der Waals surface area contributed by atoms with Crippen molar-refractivity contribution in [2.75, 3.05) is 45.9 Å². The van der Waals surface area contributed by atoms with Crippen LogP contribution in [0.1, 0.15) is 5.69 Å². The fourth-order valence-corrected chi connectivity index (χ4v) is 2.67. The summed E-state index contributed by atoms with van der Waals surface area (Å²) in [5.41, 5.74) is 1.07. The highest BCUT2D eigenvalue weighted by Crippen LogP contribution is 2.14. The molecule has 0 amide bonds. The van der Waals surface area contributed by atoms with Gasteiger partial charge in [-0.2, -0.15) is 0 Å². The third kappa shape index (κ3) is 9.09. The van der Waals surface area contributed by atoms with Gasteiger partial charge in [0.2, 0.25) is 0 Å². The molecule has 1 aromatic heterocycles. The van der Waals surface area contributed by atoms with E-state index in [0.717, 1.165) is 11.7 Å². The van der Waals surface area contributed by atoms with E-state index in [1.165, 1.54) is 6.26 Å². The van der Waals surface area contributed by atoms with Gasteiger partial charge in [-0.05, 0) is 6.07 Å². The van der Waals surface area contributed by atoms with Crippen LogP contribution in [0.5, 0.6) is 0 Å². The summed E-state index contributed by atoms with van der Waals surface area (Å²) in [6.07, 6.45) is 3.05. The van der Waals surface area contributed by atoms with Crippen LogP contribution in [0.4, 0.5) is 0 Å². The molecule has 0 spiro atoms. The molecule has 1 aromatic rings. The Bertz CT molecular complexity index is 634. The van der Waals surface area contributed by atoms with Gasteiger partial charge >= 0.3 is 0 Å². The highest BCUT2D eigenvalue weighted by Gasteiger charge is 2.09. The maximum absolute atomic E-state index is 11.0. The van der Waals surface area contributed by atoms with Crippen molar-refractivity contribution in [3.05, 3.63) is 23.0 Å². The SMILES string of the molecule is CN=C(NCCOCCS(C)(=O)=O)N(C)Cc1cc(Cl)cn1C.I. The molecule has 140 valence electrons. The number of nitrogens with zero attached hydrogens (tertiary/aromatic N) is 3. The van der Waals surface area contributed by atoms with E-state index in [9.17, 15) is 8.42 Å². The second-order valence-electron chi connectivity index (χ2n) is 5.33. The molecule has 24 heavy (non-hydrogen) atoms. The van der Waals surface area contributed by atoms with Crippen LogP contribution >= 0.6 is 35.6 Å². The zero-order valence-corrected chi connectivity index (χ0v) is 18.4. The van der Waals surface area contributed by atoms with Crippen LogP contribution in [0.15, 0.2) is 17.3 Å². The molecule has 1 rings (SSSR count). The Labute approximate surface area is 166 Å². The van der Waals surface area contributed by atoms with Crippen LogP contribution in [0.25, 0.3) is 0 Å². The van der Waals surface area contributed by atoms with Crippen molar-refractivity contribution in [1.29, 1.82) is 0 Å². The number of aromatic nitrogens is 1. The summed E-state index contributed by atoms with van der Waals surface area (Å²) in [5, 5.41) is 3.88. The summed E-state index contributed by atoms with van der Waals surface area (Å²) >= 11 is 5.98. The molecule has 0 fully saturated rings. The highest BCUT2D eigenvalue weighted by atomic mass is 127. The lowest BCUT2D eigenvalue weighted by Gasteiger charge is -2.22. The van der Waals surface area contributed by atoms with Gasteiger partial charge in [0.25, 0.3) is 0 Å². The maximum Gasteiger partial charge on any atom is 0.193 e. The average Bonchev–Trinajstić information content (AvgIpc) is 2.74. The number of aliphatic imine (C=N–C) groups is 1. The molecule has 7 nitrogen and oxygen atoms in total. The summed E-state index contributed by atoms with van der Waals surface area (Å²) in [4.78, 5) is 6.19. The Morgan fingerprint density at radius 3 is 2.62 bits per heavy atom. The van der Waals surface area contributed by atoms with Crippen molar-refractivity contribution >= 4 is 51.4 Å². The van der Waals surface area contributed by atoms with Gasteiger partial charge in [-0.1, -0.05) is 11.6 Å². The molecular weight excluding hydrogens is 467 g/mol. The number of guanidine groups is 1. The molecule has 10 heteroatoms. The molecule has 0 aromatic carbocycles. The number of hydrogen-bond acceptors (Lipinski definition) is 4. The number of nitrogens with one attached hydrogen (secondary N) is 1. The molecule has 0 saturated carbocycles. The van der Waals surface area contributed by atoms with E-state index in [0.29, 0.717) is 24.7 Å². The highest BCUT2D eigenvalue weighted by molar-refractivity contribution is 14.0. The van der Waals surface area contributed by atoms with Crippen LogP contribution in [0, 0.1) is 0 Å². The lowest BCUT2D eigenvalue weighted by atomic mass is 10.4. The Kier molecular flexibility index (Phi) is 10.9. The number of sulfone groups is 1. The van der Waals surface area contributed by atoms with Gasteiger partial charge in [0.05, 0.1) is 30.5 Å². The topological polar surface area (TPSA) is 75.9 Å². The number of ether oxygens (including phenoxy) is 1.